The summed E-state index contributed by atoms with van der Waals surface area (Å²) in [5.41, 5.74) is 0.231. The number of hydrogen-bond donors (Lipinski definition) is 1. The summed E-state index contributed by atoms with van der Waals surface area (Å²) in [6, 6.07) is 6.35. The molecule has 1 amide bonds. The molecule has 0 radical (unpaired) electrons. The van der Waals surface area contributed by atoms with E-state index in [0.717, 1.165) is 11.8 Å². The Labute approximate surface area is 179 Å². The van der Waals surface area contributed by atoms with Crippen LogP contribution in [-0.4, -0.2) is 26.2 Å². The van der Waals surface area contributed by atoms with Crippen LogP contribution in [0.15, 0.2) is 53.1 Å². The van der Waals surface area contributed by atoms with Crippen molar-refractivity contribution in [2.75, 3.05) is 11.1 Å². The minimum Gasteiger partial charge on any atom is -0.309 e. The van der Waals surface area contributed by atoms with E-state index in [0.29, 0.717) is 26.1 Å². The number of amides is 1. The van der Waals surface area contributed by atoms with Crippen molar-refractivity contribution in [1.82, 2.24) is 14.5 Å². The highest BCUT2D eigenvalue weighted by molar-refractivity contribution is 7.99. The van der Waals surface area contributed by atoms with Crippen LogP contribution in [0.25, 0.3) is 10.9 Å². The normalized spacial score (nSPS) is 10.8. The number of carbonyl (C=O) groups is 1. The highest BCUT2D eigenvalue weighted by Crippen LogP contribution is 2.24. The molecule has 6 nitrogen and oxygen atoms in total. The predicted molar refractivity (Wildman–Crippen MR) is 115 cm³/mol. The molecule has 10 heteroatoms. The van der Waals surface area contributed by atoms with Crippen molar-refractivity contribution in [3.8, 4) is 0 Å². The molecule has 0 atom stereocenters. The molecule has 0 aliphatic rings. The first kappa shape index (κ1) is 20.7. The van der Waals surface area contributed by atoms with E-state index in [1.54, 1.807) is 24.3 Å². The molecule has 3 rings (SSSR count). The van der Waals surface area contributed by atoms with Crippen LogP contribution in [0.2, 0.25) is 15.1 Å². The quantitative estimate of drug-likeness (QED) is 0.332. The van der Waals surface area contributed by atoms with Gasteiger partial charge in [0.25, 0.3) is 5.56 Å². The van der Waals surface area contributed by atoms with E-state index in [9.17, 15) is 9.59 Å². The van der Waals surface area contributed by atoms with Gasteiger partial charge in [-0.2, -0.15) is 0 Å². The number of anilines is 1. The largest absolute Gasteiger partial charge is 0.309 e. The highest BCUT2D eigenvalue weighted by Gasteiger charge is 2.14. The Hall–Kier alpha value is -2.06. The Kier molecular flexibility index (Phi) is 6.61. The van der Waals surface area contributed by atoms with E-state index < -0.39 is 0 Å². The van der Waals surface area contributed by atoms with Crippen molar-refractivity contribution in [2.45, 2.75) is 11.7 Å². The standard InChI is InChI=1S/C18H13Cl3N4O2S/c1-2-5-25-17(27)12-4-3-10(19)7-14(12)23-18(25)28-9-15(26)24-16-13(21)6-11(20)8-22-16/h2-4,6-8H,1,5,9H2,(H,22,24,26). The summed E-state index contributed by atoms with van der Waals surface area (Å²) in [6.45, 7) is 3.93. The van der Waals surface area contributed by atoms with E-state index in [4.69, 9.17) is 34.8 Å². The van der Waals surface area contributed by atoms with Gasteiger partial charge in [0.05, 0.1) is 26.7 Å². The topological polar surface area (TPSA) is 76.9 Å². The summed E-state index contributed by atoms with van der Waals surface area (Å²) in [6.07, 6.45) is 2.97. The van der Waals surface area contributed by atoms with Gasteiger partial charge in [0.1, 0.15) is 0 Å². The molecule has 3 aromatic rings. The fourth-order valence-corrected chi connectivity index (χ4v) is 3.78. The van der Waals surface area contributed by atoms with E-state index in [2.05, 4.69) is 21.9 Å². The third-order valence-corrected chi connectivity index (χ3v) is 5.30. The van der Waals surface area contributed by atoms with Crippen LogP contribution in [0.4, 0.5) is 5.82 Å². The molecular formula is C18H13Cl3N4O2S. The number of pyridine rings is 1. The van der Waals surface area contributed by atoms with E-state index in [1.165, 1.54) is 16.8 Å². The van der Waals surface area contributed by atoms with Gasteiger partial charge in [0.2, 0.25) is 5.91 Å². The lowest BCUT2D eigenvalue weighted by atomic mass is 10.2. The number of hydrogen-bond acceptors (Lipinski definition) is 5. The van der Waals surface area contributed by atoms with Gasteiger partial charge in [-0.1, -0.05) is 52.6 Å². The molecule has 0 saturated heterocycles. The second-order valence-corrected chi connectivity index (χ2v) is 7.80. The summed E-state index contributed by atoms with van der Waals surface area (Å²) in [5, 5.41) is 4.49. The molecular weight excluding hydrogens is 443 g/mol. The second kappa shape index (κ2) is 8.96. The summed E-state index contributed by atoms with van der Waals surface area (Å²) in [7, 11) is 0. The molecule has 0 spiro atoms. The van der Waals surface area contributed by atoms with Crippen LogP contribution in [0.1, 0.15) is 0 Å². The monoisotopic (exact) mass is 454 g/mol. The molecule has 2 aromatic heterocycles. The Balaban J connectivity index is 1.84. The molecule has 0 bridgehead atoms. The second-order valence-electron chi connectivity index (χ2n) is 5.58. The maximum Gasteiger partial charge on any atom is 0.262 e. The molecule has 2 heterocycles. The van der Waals surface area contributed by atoms with Crippen LogP contribution in [0.5, 0.6) is 0 Å². The third-order valence-electron chi connectivity index (χ3n) is 3.59. The highest BCUT2D eigenvalue weighted by atomic mass is 35.5. The number of rotatable bonds is 6. The maximum atomic E-state index is 12.7. The zero-order chi connectivity index (χ0) is 20.3. The van der Waals surface area contributed by atoms with E-state index in [-0.39, 0.29) is 34.6 Å². The zero-order valence-corrected chi connectivity index (χ0v) is 17.4. The zero-order valence-electron chi connectivity index (χ0n) is 14.3. The SMILES string of the molecule is C=CCn1c(SCC(=O)Nc2ncc(Cl)cc2Cl)nc2cc(Cl)ccc2c1=O. The predicted octanol–water partition coefficient (Wildman–Crippen LogP) is 4.67. The minimum atomic E-state index is -0.354. The lowest BCUT2D eigenvalue weighted by Gasteiger charge is -2.12. The summed E-state index contributed by atoms with van der Waals surface area (Å²) in [5.74, 6) is -0.151. The molecule has 1 aromatic carbocycles. The van der Waals surface area contributed by atoms with Gasteiger partial charge < -0.3 is 5.32 Å². The van der Waals surface area contributed by atoms with Gasteiger partial charge in [-0.25, -0.2) is 9.97 Å². The first-order chi connectivity index (χ1) is 13.4. The average Bonchev–Trinajstić information content (AvgIpc) is 2.65. The lowest BCUT2D eigenvalue weighted by molar-refractivity contribution is -0.113. The molecule has 1 N–H and O–H groups in total. The molecule has 0 saturated carbocycles. The molecule has 0 aliphatic heterocycles. The van der Waals surface area contributed by atoms with Gasteiger partial charge in [-0.05, 0) is 24.3 Å². The number of allylic oxidation sites excluding steroid dienone is 1. The smallest absolute Gasteiger partial charge is 0.262 e. The van der Waals surface area contributed by atoms with E-state index >= 15 is 0 Å². The van der Waals surface area contributed by atoms with Gasteiger partial charge in [0, 0.05) is 17.8 Å². The van der Waals surface area contributed by atoms with Crippen LogP contribution < -0.4 is 10.9 Å². The number of carbonyl (C=O) groups excluding carboxylic acids is 1. The Morgan fingerprint density at radius 1 is 1.25 bits per heavy atom. The Morgan fingerprint density at radius 3 is 2.75 bits per heavy atom. The van der Waals surface area contributed by atoms with Crippen molar-refractivity contribution in [3.05, 3.63) is 68.5 Å². The number of benzene rings is 1. The number of nitrogens with one attached hydrogen (secondary N) is 1. The molecule has 0 unspecified atom stereocenters. The van der Waals surface area contributed by atoms with Crippen molar-refractivity contribution in [1.29, 1.82) is 0 Å². The maximum absolute atomic E-state index is 12.7. The van der Waals surface area contributed by atoms with E-state index in [1.807, 2.05) is 0 Å². The number of nitrogens with zero attached hydrogens (tertiary/aromatic N) is 3. The average molecular weight is 456 g/mol. The van der Waals surface area contributed by atoms with Crippen LogP contribution in [0.3, 0.4) is 0 Å². The van der Waals surface area contributed by atoms with Crippen molar-refractivity contribution in [2.24, 2.45) is 0 Å². The number of thioether (sulfide) groups is 1. The van der Waals surface area contributed by atoms with Crippen molar-refractivity contribution < 1.29 is 4.79 Å². The summed E-state index contributed by atoms with van der Waals surface area (Å²) in [4.78, 5) is 33.5. The number of fused-ring (bicyclic) bond motifs is 1. The van der Waals surface area contributed by atoms with Gasteiger partial charge in [-0.3, -0.25) is 14.2 Å². The fraction of sp³-hybridized carbons (Fsp3) is 0.111. The molecule has 0 fully saturated rings. The molecule has 0 aliphatic carbocycles. The fourth-order valence-electron chi connectivity index (χ4n) is 2.38. The number of halogens is 3. The minimum absolute atomic E-state index is 0.00368. The molecule has 28 heavy (non-hydrogen) atoms. The van der Waals surface area contributed by atoms with Crippen molar-refractivity contribution in [3.63, 3.8) is 0 Å². The van der Waals surface area contributed by atoms with Gasteiger partial charge >= 0.3 is 0 Å². The third kappa shape index (κ3) is 4.67. The van der Waals surface area contributed by atoms with Crippen molar-refractivity contribution >= 4 is 69.2 Å². The van der Waals surface area contributed by atoms with Gasteiger partial charge in [0.15, 0.2) is 11.0 Å². The summed E-state index contributed by atoms with van der Waals surface area (Å²) >= 11 is 18.9. The first-order valence-corrected chi connectivity index (χ1v) is 10.1. The van der Waals surface area contributed by atoms with Gasteiger partial charge in [-0.15, -0.1) is 6.58 Å². The molecule has 144 valence electrons. The van der Waals surface area contributed by atoms with Crippen LogP contribution >= 0.6 is 46.6 Å². The first-order valence-electron chi connectivity index (χ1n) is 7.93. The Morgan fingerprint density at radius 2 is 2.04 bits per heavy atom. The van der Waals surface area contributed by atoms with Crippen LogP contribution in [-0.2, 0) is 11.3 Å². The van der Waals surface area contributed by atoms with Crippen LogP contribution in [0, 0.1) is 0 Å². The number of aromatic nitrogens is 3. The Bertz CT molecular complexity index is 1130. The summed E-state index contributed by atoms with van der Waals surface area (Å²) < 4.78 is 1.45. The lowest BCUT2D eigenvalue weighted by Crippen LogP contribution is -2.24.